The number of hydrogen-bond donors (Lipinski definition) is 2. The summed E-state index contributed by atoms with van der Waals surface area (Å²) in [5, 5.41) is 8.88. The first kappa shape index (κ1) is 21.5. The Morgan fingerprint density at radius 1 is 1.19 bits per heavy atom. The monoisotopic (exact) mass is 459 g/mol. The van der Waals surface area contributed by atoms with Crippen molar-refractivity contribution in [1.29, 1.82) is 0 Å². The molecule has 164 valence electrons. The summed E-state index contributed by atoms with van der Waals surface area (Å²) in [4.78, 5) is 32.5. The number of amides is 1. The van der Waals surface area contributed by atoms with Crippen LogP contribution in [0.2, 0.25) is 0 Å². The molecule has 0 bridgehead atoms. The quantitative estimate of drug-likeness (QED) is 0.459. The van der Waals surface area contributed by atoms with E-state index in [1.54, 1.807) is 6.07 Å². The van der Waals surface area contributed by atoms with Crippen molar-refractivity contribution < 1.29 is 18.0 Å². The van der Waals surface area contributed by atoms with Gasteiger partial charge in [0, 0.05) is 23.4 Å². The lowest BCUT2D eigenvalue weighted by Gasteiger charge is -2.10. The summed E-state index contributed by atoms with van der Waals surface area (Å²) in [6.45, 7) is 1.84. The minimum absolute atomic E-state index is 0.0801. The van der Waals surface area contributed by atoms with E-state index in [-0.39, 0.29) is 17.3 Å². The molecular formula is C21H16F3N5O2S. The van der Waals surface area contributed by atoms with Crippen molar-refractivity contribution in [3.63, 3.8) is 0 Å². The lowest BCUT2D eigenvalue weighted by molar-refractivity contribution is -0.137. The van der Waals surface area contributed by atoms with Gasteiger partial charge in [0.05, 0.1) is 10.4 Å². The van der Waals surface area contributed by atoms with Crippen LogP contribution in [0.15, 0.2) is 58.7 Å². The summed E-state index contributed by atoms with van der Waals surface area (Å²) in [6.07, 6.45) is -4.07. The Morgan fingerprint density at radius 2 is 2.00 bits per heavy atom. The van der Waals surface area contributed by atoms with Crippen molar-refractivity contribution in [2.75, 3.05) is 5.32 Å². The van der Waals surface area contributed by atoms with Crippen LogP contribution in [0.3, 0.4) is 0 Å². The lowest BCUT2D eigenvalue weighted by Crippen LogP contribution is -2.19. The third kappa shape index (κ3) is 4.47. The zero-order valence-corrected chi connectivity index (χ0v) is 17.4. The molecule has 0 saturated heterocycles. The molecule has 11 heteroatoms. The molecule has 3 heterocycles. The molecule has 4 aromatic rings. The maximum Gasteiger partial charge on any atom is 0.416 e. The predicted octanol–water partition coefficient (Wildman–Crippen LogP) is 4.52. The van der Waals surface area contributed by atoms with E-state index in [0.29, 0.717) is 17.8 Å². The molecule has 4 rings (SSSR count). The third-order valence-corrected chi connectivity index (χ3v) is 5.41. The molecule has 0 spiro atoms. The first-order valence-electron chi connectivity index (χ1n) is 9.48. The van der Waals surface area contributed by atoms with E-state index >= 15 is 0 Å². The van der Waals surface area contributed by atoms with Crippen molar-refractivity contribution >= 4 is 23.1 Å². The Kier molecular flexibility index (Phi) is 5.66. The highest BCUT2D eigenvalue weighted by Crippen LogP contribution is 2.30. The number of H-pyrrole nitrogens is 1. The lowest BCUT2D eigenvalue weighted by atomic mass is 10.1. The molecule has 0 aliphatic rings. The van der Waals surface area contributed by atoms with Gasteiger partial charge in [-0.1, -0.05) is 19.1 Å². The number of aryl methyl sites for hydroxylation is 1. The van der Waals surface area contributed by atoms with Gasteiger partial charge < -0.3 is 5.32 Å². The second kappa shape index (κ2) is 8.42. The van der Waals surface area contributed by atoms with E-state index in [9.17, 15) is 22.8 Å². The van der Waals surface area contributed by atoms with Gasteiger partial charge in [-0.25, -0.2) is 4.98 Å². The fraction of sp³-hybridized carbons (Fsp3) is 0.143. The van der Waals surface area contributed by atoms with Crippen LogP contribution in [0.1, 0.15) is 28.5 Å². The number of aromatic nitrogens is 4. The largest absolute Gasteiger partial charge is 0.416 e. The predicted molar refractivity (Wildman–Crippen MR) is 114 cm³/mol. The Bertz CT molecular complexity index is 1330. The van der Waals surface area contributed by atoms with Gasteiger partial charge >= 0.3 is 6.18 Å². The van der Waals surface area contributed by atoms with Gasteiger partial charge in [0.15, 0.2) is 0 Å². The molecule has 0 saturated carbocycles. The molecule has 0 fully saturated rings. The number of nitrogens with one attached hydrogen (secondary N) is 2. The normalized spacial score (nSPS) is 11.5. The average molecular weight is 459 g/mol. The Balaban J connectivity index is 1.76. The molecule has 3 aromatic heterocycles. The number of nitrogens with zero attached hydrogens (tertiary/aromatic N) is 3. The minimum Gasteiger partial charge on any atom is -0.306 e. The summed E-state index contributed by atoms with van der Waals surface area (Å²) < 4.78 is 40.3. The SMILES string of the molecule is CCc1cc(=O)[nH]c(-n2nc(-c3cccs3)cc2NC(=O)c2cccc(C(F)(F)F)c2)n1. The molecule has 0 aliphatic carbocycles. The van der Waals surface area contributed by atoms with Crippen LogP contribution in [-0.4, -0.2) is 25.7 Å². The van der Waals surface area contributed by atoms with Gasteiger partial charge in [-0.05, 0) is 36.1 Å². The van der Waals surface area contributed by atoms with E-state index < -0.39 is 23.2 Å². The summed E-state index contributed by atoms with van der Waals surface area (Å²) in [5.41, 5.74) is -0.472. The summed E-state index contributed by atoms with van der Waals surface area (Å²) in [6, 6.07) is 10.7. The molecule has 0 unspecified atom stereocenters. The van der Waals surface area contributed by atoms with Crippen LogP contribution in [0.5, 0.6) is 0 Å². The van der Waals surface area contributed by atoms with E-state index in [1.165, 1.54) is 28.2 Å². The number of benzene rings is 1. The molecule has 0 radical (unpaired) electrons. The number of aromatic amines is 1. The molecule has 0 atom stereocenters. The summed E-state index contributed by atoms with van der Waals surface area (Å²) in [7, 11) is 0. The van der Waals surface area contributed by atoms with E-state index in [0.717, 1.165) is 23.1 Å². The maximum absolute atomic E-state index is 13.0. The summed E-state index contributed by atoms with van der Waals surface area (Å²) >= 11 is 1.42. The van der Waals surface area contributed by atoms with Crippen molar-refractivity contribution in [3.05, 3.63) is 81.1 Å². The Morgan fingerprint density at radius 3 is 2.69 bits per heavy atom. The zero-order chi connectivity index (χ0) is 22.9. The first-order chi connectivity index (χ1) is 15.2. The van der Waals surface area contributed by atoms with Gasteiger partial charge in [0.1, 0.15) is 11.5 Å². The van der Waals surface area contributed by atoms with Crippen LogP contribution in [0.4, 0.5) is 19.0 Å². The van der Waals surface area contributed by atoms with Gasteiger partial charge in [0.2, 0.25) is 5.95 Å². The number of halogens is 3. The standard InChI is InChI=1S/C21H16F3N5O2S/c1-2-14-10-18(30)27-20(25-14)29-17(11-15(28-29)16-7-4-8-32-16)26-19(31)12-5-3-6-13(9-12)21(22,23)24/h3-11H,2H2,1H3,(H,26,31)(H,25,27,30). The zero-order valence-electron chi connectivity index (χ0n) is 16.6. The molecular weight excluding hydrogens is 443 g/mol. The second-order valence-corrected chi connectivity index (χ2v) is 7.70. The fourth-order valence-corrected chi connectivity index (χ4v) is 3.66. The third-order valence-electron chi connectivity index (χ3n) is 4.52. The maximum atomic E-state index is 13.0. The topological polar surface area (TPSA) is 92.7 Å². The highest BCUT2D eigenvalue weighted by atomic mass is 32.1. The molecule has 32 heavy (non-hydrogen) atoms. The van der Waals surface area contributed by atoms with Crippen molar-refractivity contribution in [1.82, 2.24) is 19.7 Å². The molecule has 0 aliphatic heterocycles. The van der Waals surface area contributed by atoms with Crippen molar-refractivity contribution in [3.8, 4) is 16.5 Å². The Labute approximate surface area is 183 Å². The molecule has 7 nitrogen and oxygen atoms in total. The van der Waals surface area contributed by atoms with E-state index in [1.807, 2.05) is 24.4 Å². The van der Waals surface area contributed by atoms with Gasteiger partial charge in [-0.3, -0.25) is 14.6 Å². The van der Waals surface area contributed by atoms with Crippen LogP contribution in [0.25, 0.3) is 16.5 Å². The van der Waals surface area contributed by atoms with Gasteiger partial charge in [-0.2, -0.15) is 23.0 Å². The summed E-state index contributed by atoms with van der Waals surface area (Å²) in [5.74, 6) is -0.535. The average Bonchev–Trinajstić information content (AvgIpc) is 3.43. The van der Waals surface area contributed by atoms with Crippen LogP contribution in [0, 0.1) is 0 Å². The Hall–Kier alpha value is -3.73. The van der Waals surface area contributed by atoms with Crippen LogP contribution < -0.4 is 10.9 Å². The van der Waals surface area contributed by atoms with Gasteiger partial charge in [0.25, 0.3) is 11.5 Å². The number of anilines is 1. The molecule has 2 N–H and O–H groups in total. The second-order valence-electron chi connectivity index (χ2n) is 6.75. The smallest absolute Gasteiger partial charge is 0.306 e. The highest BCUT2D eigenvalue weighted by Gasteiger charge is 2.31. The highest BCUT2D eigenvalue weighted by molar-refractivity contribution is 7.13. The number of rotatable bonds is 5. The fourth-order valence-electron chi connectivity index (χ4n) is 2.98. The molecule has 1 amide bonds. The van der Waals surface area contributed by atoms with Crippen LogP contribution >= 0.6 is 11.3 Å². The number of carbonyl (C=O) groups is 1. The van der Waals surface area contributed by atoms with Crippen LogP contribution in [-0.2, 0) is 12.6 Å². The van der Waals surface area contributed by atoms with Gasteiger partial charge in [-0.15, -0.1) is 11.3 Å². The number of alkyl halides is 3. The van der Waals surface area contributed by atoms with E-state index in [4.69, 9.17) is 0 Å². The number of thiophene rings is 1. The first-order valence-corrected chi connectivity index (χ1v) is 10.4. The minimum atomic E-state index is -4.57. The number of carbonyl (C=O) groups excluding carboxylic acids is 1. The molecule has 1 aromatic carbocycles. The number of hydrogen-bond acceptors (Lipinski definition) is 5. The van der Waals surface area contributed by atoms with Crippen molar-refractivity contribution in [2.45, 2.75) is 19.5 Å². The van der Waals surface area contributed by atoms with Crippen molar-refractivity contribution in [2.24, 2.45) is 0 Å². The van der Waals surface area contributed by atoms with E-state index in [2.05, 4.69) is 20.4 Å².